The van der Waals surface area contributed by atoms with E-state index in [2.05, 4.69) is 10.2 Å². The second-order valence-electron chi connectivity index (χ2n) is 6.93. The number of amides is 1. The van der Waals surface area contributed by atoms with Crippen LogP contribution in [0.2, 0.25) is 0 Å². The minimum Gasteiger partial charge on any atom is -0.493 e. The van der Waals surface area contributed by atoms with Gasteiger partial charge in [-0.2, -0.15) is 0 Å². The number of rotatable bonds is 7. The summed E-state index contributed by atoms with van der Waals surface area (Å²) in [7, 11) is 3.24. The number of nitrogens with zero attached hydrogens (tertiary/aromatic N) is 1. The lowest BCUT2D eigenvalue weighted by Gasteiger charge is -2.38. The molecular formula is C22H27FN2O3. The summed E-state index contributed by atoms with van der Waals surface area (Å²) in [5.41, 5.74) is 3.20. The molecule has 28 heavy (non-hydrogen) atoms. The Bertz CT molecular complexity index is 841. The predicted octanol–water partition coefficient (Wildman–Crippen LogP) is 3.47. The maximum absolute atomic E-state index is 13.6. The van der Waals surface area contributed by atoms with Gasteiger partial charge in [0.15, 0.2) is 11.5 Å². The van der Waals surface area contributed by atoms with Crippen LogP contribution in [0, 0.1) is 5.82 Å². The van der Waals surface area contributed by atoms with Crippen LogP contribution in [0.1, 0.15) is 36.1 Å². The van der Waals surface area contributed by atoms with Crippen molar-refractivity contribution in [2.24, 2.45) is 0 Å². The van der Waals surface area contributed by atoms with Gasteiger partial charge in [-0.1, -0.05) is 19.1 Å². The molecule has 0 fully saturated rings. The summed E-state index contributed by atoms with van der Waals surface area (Å²) in [6.07, 6.45) is 1.29. The quantitative estimate of drug-likeness (QED) is 0.792. The Balaban J connectivity index is 1.93. The van der Waals surface area contributed by atoms with Crippen molar-refractivity contribution in [3.63, 3.8) is 0 Å². The highest BCUT2D eigenvalue weighted by molar-refractivity contribution is 5.75. The first-order chi connectivity index (χ1) is 13.5. The molecule has 0 bridgehead atoms. The molecule has 1 atom stereocenters. The van der Waals surface area contributed by atoms with E-state index in [1.54, 1.807) is 26.4 Å². The Morgan fingerprint density at radius 2 is 1.96 bits per heavy atom. The zero-order valence-electron chi connectivity index (χ0n) is 16.6. The first-order valence-electron chi connectivity index (χ1n) is 9.55. The van der Waals surface area contributed by atoms with Crippen LogP contribution in [0.4, 0.5) is 4.39 Å². The Morgan fingerprint density at radius 1 is 1.21 bits per heavy atom. The molecule has 0 spiro atoms. The summed E-state index contributed by atoms with van der Waals surface area (Å²) >= 11 is 0. The van der Waals surface area contributed by atoms with E-state index in [1.807, 2.05) is 25.1 Å². The third kappa shape index (κ3) is 4.44. The number of ether oxygens (including phenoxy) is 2. The standard InChI is InChI=1S/C22H27FN2O3/c1-4-22(26)24-13-19-18-12-21(28-3)20(27-2)11-16(18)8-9-25(19)14-15-6-5-7-17(23)10-15/h5-7,10-12,19H,4,8-9,13-14H2,1-3H3,(H,24,26). The number of carbonyl (C=O) groups is 1. The van der Waals surface area contributed by atoms with Gasteiger partial charge in [-0.3, -0.25) is 9.69 Å². The number of benzene rings is 2. The zero-order chi connectivity index (χ0) is 20.1. The van der Waals surface area contributed by atoms with E-state index in [1.165, 1.54) is 11.6 Å². The van der Waals surface area contributed by atoms with Gasteiger partial charge in [0.1, 0.15) is 5.82 Å². The molecule has 1 heterocycles. The summed E-state index contributed by atoms with van der Waals surface area (Å²) in [5.74, 6) is 1.15. The maximum atomic E-state index is 13.6. The van der Waals surface area contributed by atoms with Crippen molar-refractivity contribution < 1.29 is 18.7 Å². The fraction of sp³-hybridized carbons (Fsp3) is 0.409. The molecule has 2 aromatic carbocycles. The Labute approximate surface area is 165 Å². The second kappa shape index (κ2) is 9.06. The predicted molar refractivity (Wildman–Crippen MR) is 106 cm³/mol. The van der Waals surface area contributed by atoms with Gasteiger partial charge in [-0.05, 0) is 47.4 Å². The molecule has 1 N–H and O–H groups in total. The number of carbonyl (C=O) groups excluding carboxylic acids is 1. The monoisotopic (exact) mass is 386 g/mol. The molecule has 1 aliphatic rings. The van der Waals surface area contributed by atoms with Crippen molar-refractivity contribution >= 4 is 5.91 Å². The molecule has 0 radical (unpaired) electrons. The molecule has 0 saturated carbocycles. The van der Waals surface area contributed by atoms with Crippen LogP contribution in [0.25, 0.3) is 0 Å². The van der Waals surface area contributed by atoms with Crippen molar-refractivity contribution in [1.82, 2.24) is 10.2 Å². The summed E-state index contributed by atoms with van der Waals surface area (Å²) in [6.45, 7) is 3.75. The average molecular weight is 386 g/mol. The second-order valence-corrected chi connectivity index (χ2v) is 6.93. The minimum atomic E-state index is -0.239. The highest BCUT2D eigenvalue weighted by Crippen LogP contribution is 2.38. The number of nitrogens with one attached hydrogen (secondary N) is 1. The number of fused-ring (bicyclic) bond motifs is 1. The maximum Gasteiger partial charge on any atom is 0.219 e. The van der Waals surface area contributed by atoms with Gasteiger partial charge < -0.3 is 14.8 Å². The van der Waals surface area contributed by atoms with Gasteiger partial charge in [0.25, 0.3) is 0 Å². The van der Waals surface area contributed by atoms with Gasteiger partial charge in [-0.15, -0.1) is 0 Å². The summed E-state index contributed by atoms with van der Waals surface area (Å²) in [4.78, 5) is 14.2. The molecular weight excluding hydrogens is 359 g/mol. The molecule has 1 aliphatic heterocycles. The first kappa shape index (κ1) is 20.1. The molecule has 5 nitrogen and oxygen atoms in total. The van der Waals surface area contributed by atoms with Crippen LogP contribution >= 0.6 is 0 Å². The summed E-state index contributed by atoms with van der Waals surface area (Å²) in [6, 6.07) is 10.6. The number of halogens is 1. The van der Waals surface area contributed by atoms with Crippen molar-refractivity contribution in [2.45, 2.75) is 32.4 Å². The Morgan fingerprint density at radius 3 is 2.64 bits per heavy atom. The molecule has 1 unspecified atom stereocenters. The highest BCUT2D eigenvalue weighted by Gasteiger charge is 2.29. The van der Waals surface area contributed by atoms with Crippen molar-refractivity contribution in [3.8, 4) is 11.5 Å². The van der Waals surface area contributed by atoms with Crippen LogP contribution in [0.3, 0.4) is 0 Å². The molecule has 0 aliphatic carbocycles. The molecule has 0 aromatic heterocycles. The van der Waals surface area contributed by atoms with E-state index in [0.717, 1.165) is 24.1 Å². The van der Waals surface area contributed by atoms with Crippen LogP contribution in [0.15, 0.2) is 36.4 Å². The van der Waals surface area contributed by atoms with Gasteiger partial charge in [0.2, 0.25) is 5.91 Å². The van der Waals surface area contributed by atoms with Gasteiger partial charge >= 0.3 is 0 Å². The van der Waals surface area contributed by atoms with Crippen LogP contribution in [-0.2, 0) is 17.8 Å². The Hall–Kier alpha value is -2.60. The molecule has 150 valence electrons. The number of methoxy groups -OCH3 is 2. The van der Waals surface area contributed by atoms with Crippen LogP contribution < -0.4 is 14.8 Å². The normalized spacial score (nSPS) is 16.4. The van der Waals surface area contributed by atoms with Crippen molar-refractivity contribution in [1.29, 1.82) is 0 Å². The summed E-state index contributed by atoms with van der Waals surface area (Å²) < 4.78 is 24.6. The molecule has 3 rings (SSSR count). The lowest BCUT2D eigenvalue weighted by atomic mass is 9.91. The Kier molecular flexibility index (Phi) is 6.52. The van der Waals surface area contributed by atoms with Gasteiger partial charge in [0, 0.05) is 26.1 Å². The van der Waals surface area contributed by atoms with Gasteiger partial charge in [0.05, 0.1) is 20.3 Å². The van der Waals surface area contributed by atoms with Crippen molar-refractivity contribution in [3.05, 3.63) is 58.9 Å². The lowest BCUT2D eigenvalue weighted by molar-refractivity contribution is -0.121. The topological polar surface area (TPSA) is 50.8 Å². The smallest absolute Gasteiger partial charge is 0.219 e. The van der Waals surface area contributed by atoms with E-state index in [0.29, 0.717) is 31.0 Å². The third-order valence-electron chi connectivity index (χ3n) is 5.20. The summed E-state index contributed by atoms with van der Waals surface area (Å²) in [5, 5.41) is 3.01. The van der Waals surface area contributed by atoms with E-state index in [9.17, 15) is 9.18 Å². The molecule has 0 saturated heterocycles. The molecule has 6 heteroatoms. The fourth-order valence-electron chi connectivity index (χ4n) is 3.71. The zero-order valence-corrected chi connectivity index (χ0v) is 16.6. The van der Waals surface area contributed by atoms with Crippen LogP contribution in [-0.4, -0.2) is 38.1 Å². The minimum absolute atomic E-state index is 0.0123. The SMILES string of the molecule is CCC(=O)NCC1c2cc(OC)c(OC)cc2CCN1Cc1cccc(F)c1. The van der Waals surface area contributed by atoms with Gasteiger partial charge in [-0.25, -0.2) is 4.39 Å². The van der Waals surface area contributed by atoms with E-state index < -0.39 is 0 Å². The molecule has 2 aromatic rings. The van der Waals surface area contributed by atoms with E-state index in [4.69, 9.17) is 9.47 Å². The van der Waals surface area contributed by atoms with Crippen molar-refractivity contribution in [2.75, 3.05) is 27.3 Å². The van der Waals surface area contributed by atoms with E-state index >= 15 is 0 Å². The first-order valence-corrected chi connectivity index (χ1v) is 9.55. The largest absolute Gasteiger partial charge is 0.493 e. The average Bonchev–Trinajstić information content (AvgIpc) is 2.71. The van der Waals surface area contributed by atoms with E-state index in [-0.39, 0.29) is 17.8 Å². The van der Waals surface area contributed by atoms with Crippen LogP contribution in [0.5, 0.6) is 11.5 Å². The number of hydrogen-bond donors (Lipinski definition) is 1. The number of hydrogen-bond acceptors (Lipinski definition) is 4. The molecule has 1 amide bonds. The fourth-order valence-corrected chi connectivity index (χ4v) is 3.71. The third-order valence-corrected chi connectivity index (χ3v) is 5.20. The highest BCUT2D eigenvalue weighted by atomic mass is 19.1. The lowest BCUT2D eigenvalue weighted by Crippen LogP contribution is -2.41.